The molecule has 122 valence electrons. The lowest BCUT2D eigenvalue weighted by Crippen LogP contribution is -2.42. The summed E-state index contributed by atoms with van der Waals surface area (Å²) in [6, 6.07) is 7.54. The first-order valence-electron chi connectivity index (χ1n) is 7.26. The molecule has 0 saturated carbocycles. The summed E-state index contributed by atoms with van der Waals surface area (Å²) >= 11 is 1.31. The predicted molar refractivity (Wildman–Crippen MR) is 85.8 cm³/mol. The number of amides is 1. The van der Waals surface area contributed by atoms with Gasteiger partial charge in [0.1, 0.15) is 12.4 Å². The molecule has 1 aromatic carbocycles. The van der Waals surface area contributed by atoms with Crippen molar-refractivity contribution in [1.29, 1.82) is 0 Å². The lowest BCUT2D eigenvalue weighted by Gasteiger charge is -2.29. The maximum atomic E-state index is 12.2. The van der Waals surface area contributed by atoms with Gasteiger partial charge in [-0.2, -0.15) is 0 Å². The van der Waals surface area contributed by atoms with Crippen LogP contribution in [-0.2, 0) is 4.79 Å². The minimum Gasteiger partial charge on any atom is -0.486 e. The number of benzene rings is 1. The van der Waals surface area contributed by atoms with Gasteiger partial charge < -0.3 is 14.4 Å². The third-order valence-corrected chi connectivity index (χ3v) is 4.20. The molecule has 8 heteroatoms. The van der Waals surface area contributed by atoms with E-state index in [9.17, 15) is 4.79 Å². The number of aromatic amines is 1. The number of carbonyl (C=O) groups excluding carboxylic acids is 1. The van der Waals surface area contributed by atoms with Crippen LogP contribution in [0.15, 0.2) is 29.4 Å². The van der Waals surface area contributed by atoms with E-state index in [-0.39, 0.29) is 17.8 Å². The number of hydrogen-bond donors (Lipinski definition) is 1. The molecule has 1 atom stereocenters. The molecule has 0 unspecified atom stereocenters. The number of ether oxygens (including phenoxy) is 2. The Bertz CT molecular complexity index is 691. The van der Waals surface area contributed by atoms with Crippen molar-refractivity contribution in [2.45, 2.75) is 18.2 Å². The fraction of sp³-hybridized carbons (Fsp3) is 0.400. The summed E-state index contributed by atoms with van der Waals surface area (Å²) in [5.41, 5.74) is 0. The quantitative estimate of drug-likeness (QED) is 0.835. The zero-order valence-electron chi connectivity index (χ0n) is 13.0. The molecule has 2 heterocycles. The van der Waals surface area contributed by atoms with Crippen LogP contribution >= 0.6 is 11.8 Å². The van der Waals surface area contributed by atoms with Gasteiger partial charge in [0.2, 0.25) is 11.1 Å². The van der Waals surface area contributed by atoms with Crippen LogP contribution in [-0.4, -0.2) is 58.0 Å². The molecule has 1 N–H and O–H groups in total. The molecular weight excluding hydrogens is 316 g/mol. The van der Waals surface area contributed by atoms with Crippen LogP contribution in [0.5, 0.6) is 11.5 Å². The van der Waals surface area contributed by atoms with E-state index in [0.29, 0.717) is 18.3 Å². The van der Waals surface area contributed by atoms with Gasteiger partial charge in [0, 0.05) is 7.05 Å². The second-order valence-corrected chi connectivity index (χ2v) is 6.21. The Morgan fingerprint density at radius 1 is 1.43 bits per heavy atom. The summed E-state index contributed by atoms with van der Waals surface area (Å²) in [6.45, 7) is 2.73. The molecule has 7 nitrogen and oxygen atoms in total. The topological polar surface area (TPSA) is 80.3 Å². The van der Waals surface area contributed by atoms with Crippen molar-refractivity contribution in [1.82, 2.24) is 20.1 Å². The van der Waals surface area contributed by atoms with Crippen molar-refractivity contribution >= 4 is 17.7 Å². The van der Waals surface area contributed by atoms with Crippen LogP contribution < -0.4 is 9.47 Å². The SMILES string of the molecule is Cc1nc(SCC(=O)N(C)C[C@H]2COc3ccccc3O2)n[nH]1. The summed E-state index contributed by atoms with van der Waals surface area (Å²) < 4.78 is 11.5. The molecule has 1 aromatic heterocycles. The highest BCUT2D eigenvalue weighted by atomic mass is 32.2. The van der Waals surface area contributed by atoms with Crippen molar-refractivity contribution in [2.75, 3.05) is 26.0 Å². The third kappa shape index (κ3) is 3.95. The van der Waals surface area contributed by atoms with E-state index in [4.69, 9.17) is 9.47 Å². The summed E-state index contributed by atoms with van der Waals surface area (Å²) in [5.74, 6) is 2.49. The van der Waals surface area contributed by atoms with Crippen LogP contribution in [0.1, 0.15) is 5.82 Å². The number of rotatable bonds is 5. The molecule has 1 amide bonds. The number of carbonyl (C=O) groups is 1. The van der Waals surface area contributed by atoms with Crippen LogP contribution in [0, 0.1) is 6.92 Å². The maximum Gasteiger partial charge on any atom is 0.232 e. The fourth-order valence-electron chi connectivity index (χ4n) is 2.18. The second kappa shape index (κ2) is 6.91. The molecule has 0 bridgehead atoms. The van der Waals surface area contributed by atoms with Crippen molar-refractivity contribution in [3.05, 3.63) is 30.1 Å². The number of thioether (sulfide) groups is 1. The Kier molecular flexibility index (Phi) is 4.71. The van der Waals surface area contributed by atoms with E-state index in [1.54, 1.807) is 11.9 Å². The number of hydrogen-bond acceptors (Lipinski definition) is 6. The van der Waals surface area contributed by atoms with Crippen LogP contribution in [0.4, 0.5) is 0 Å². The molecule has 23 heavy (non-hydrogen) atoms. The molecule has 0 fully saturated rings. The first-order valence-corrected chi connectivity index (χ1v) is 8.24. The normalized spacial score (nSPS) is 16.2. The van der Waals surface area contributed by atoms with Gasteiger partial charge in [0.15, 0.2) is 17.6 Å². The number of nitrogens with zero attached hydrogens (tertiary/aromatic N) is 3. The lowest BCUT2D eigenvalue weighted by molar-refractivity contribution is -0.128. The number of para-hydroxylation sites is 2. The van der Waals surface area contributed by atoms with Crippen LogP contribution in [0.25, 0.3) is 0 Å². The average Bonchev–Trinajstić information content (AvgIpc) is 2.98. The zero-order valence-corrected chi connectivity index (χ0v) is 13.8. The molecule has 3 rings (SSSR count). The van der Waals surface area contributed by atoms with Gasteiger partial charge in [0.05, 0.1) is 12.3 Å². The van der Waals surface area contributed by atoms with Crippen molar-refractivity contribution in [3.63, 3.8) is 0 Å². The van der Waals surface area contributed by atoms with Gasteiger partial charge in [-0.25, -0.2) is 4.98 Å². The fourth-order valence-corrected chi connectivity index (χ4v) is 2.97. The molecule has 1 aliphatic rings. The number of H-pyrrole nitrogens is 1. The van der Waals surface area contributed by atoms with Crippen molar-refractivity contribution in [2.24, 2.45) is 0 Å². The maximum absolute atomic E-state index is 12.2. The molecular formula is C15H18N4O3S. The lowest BCUT2D eigenvalue weighted by atomic mass is 10.2. The Labute approximate surface area is 138 Å². The first kappa shape index (κ1) is 15.7. The van der Waals surface area contributed by atoms with Gasteiger partial charge in [-0.15, -0.1) is 5.10 Å². The Morgan fingerprint density at radius 2 is 2.22 bits per heavy atom. The van der Waals surface area contributed by atoms with Crippen molar-refractivity contribution < 1.29 is 14.3 Å². The largest absolute Gasteiger partial charge is 0.486 e. The second-order valence-electron chi connectivity index (χ2n) is 5.26. The van der Waals surface area contributed by atoms with E-state index in [1.807, 2.05) is 31.2 Å². The number of nitrogens with one attached hydrogen (secondary N) is 1. The highest BCUT2D eigenvalue weighted by Crippen LogP contribution is 2.30. The predicted octanol–water partition coefficient (Wildman–Crippen LogP) is 1.50. The summed E-state index contributed by atoms with van der Waals surface area (Å²) in [6.07, 6.45) is -0.172. The summed E-state index contributed by atoms with van der Waals surface area (Å²) in [7, 11) is 1.76. The number of fused-ring (bicyclic) bond motifs is 1. The smallest absolute Gasteiger partial charge is 0.232 e. The number of likely N-dealkylation sites (N-methyl/N-ethyl adjacent to an activating group) is 1. The standard InChI is InChI=1S/C15H18N4O3S/c1-10-16-15(18-17-10)23-9-14(20)19(2)7-11-8-21-12-5-3-4-6-13(12)22-11/h3-6,11H,7-9H2,1-2H3,(H,16,17,18)/t11-/m0/s1. The minimum absolute atomic E-state index is 0.0000818. The first-order chi connectivity index (χ1) is 11.1. The Balaban J connectivity index is 1.49. The molecule has 0 aliphatic carbocycles. The van der Waals surface area contributed by atoms with Gasteiger partial charge in [0.25, 0.3) is 0 Å². The van der Waals surface area contributed by atoms with Gasteiger partial charge in [-0.3, -0.25) is 9.89 Å². The molecule has 0 spiro atoms. The highest BCUT2D eigenvalue weighted by molar-refractivity contribution is 7.99. The minimum atomic E-state index is -0.172. The molecule has 1 aliphatic heterocycles. The summed E-state index contributed by atoms with van der Waals surface area (Å²) in [5, 5.41) is 7.33. The monoisotopic (exact) mass is 334 g/mol. The van der Waals surface area contributed by atoms with Crippen LogP contribution in [0.3, 0.4) is 0 Å². The molecule has 0 saturated heterocycles. The number of aryl methyl sites for hydroxylation is 1. The van der Waals surface area contributed by atoms with E-state index < -0.39 is 0 Å². The highest BCUT2D eigenvalue weighted by Gasteiger charge is 2.23. The summed E-state index contributed by atoms with van der Waals surface area (Å²) in [4.78, 5) is 18.0. The average molecular weight is 334 g/mol. The van der Waals surface area contributed by atoms with Gasteiger partial charge >= 0.3 is 0 Å². The molecule has 2 aromatic rings. The van der Waals surface area contributed by atoms with Gasteiger partial charge in [-0.05, 0) is 19.1 Å². The zero-order chi connectivity index (χ0) is 16.2. The van der Waals surface area contributed by atoms with Crippen LogP contribution in [0.2, 0.25) is 0 Å². The third-order valence-electron chi connectivity index (χ3n) is 3.37. The molecule has 0 radical (unpaired) electrons. The Hall–Kier alpha value is -2.22. The van der Waals surface area contributed by atoms with E-state index in [0.717, 1.165) is 17.3 Å². The van der Waals surface area contributed by atoms with E-state index >= 15 is 0 Å². The Morgan fingerprint density at radius 3 is 2.96 bits per heavy atom. The van der Waals surface area contributed by atoms with Gasteiger partial charge in [-0.1, -0.05) is 23.9 Å². The van der Waals surface area contributed by atoms with Crippen molar-refractivity contribution in [3.8, 4) is 11.5 Å². The van der Waals surface area contributed by atoms with E-state index in [1.165, 1.54) is 11.8 Å². The van der Waals surface area contributed by atoms with E-state index in [2.05, 4.69) is 15.2 Å². The number of aromatic nitrogens is 3.